The van der Waals surface area contributed by atoms with E-state index in [0.29, 0.717) is 6.04 Å². The molecule has 0 aromatic rings. The molecule has 2 fully saturated rings. The van der Waals surface area contributed by atoms with Crippen LogP contribution < -0.4 is 0 Å². The van der Waals surface area contributed by atoms with E-state index < -0.39 is 6.41 Å². The summed E-state index contributed by atoms with van der Waals surface area (Å²) >= 11 is 0. The van der Waals surface area contributed by atoms with E-state index in [9.17, 15) is 5.11 Å². The van der Waals surface area contributed by atoms with Crippen molar-refractivity contribution in [1.29, 1.82) is 0 Å². The van der Waals surface area contributed by atoms with Crippen molar-refractivity contribution in [2.24, 2.45) is 5.92 Å². The molecule has 20 heavy (non-hydrogen) atoms. The quantitative estimate of drug-likeness (QED) is 0.807. The van der Waals surface area contributed by atoms with Crippen LogP contribution in [0.3, 0.4) is 0 Å². The third kappa shape index (κ3) is 4.69. The first-order chi connectivity index (χ1) is 9.35. The molecular formula is C16H32N2O2. The molecule has 0 aromatic carbocycles. The molecule has 4 nitrogen and oxygen atoms in total. The predicted molar refractivity (Wildman–Crippen MR) is 81.4 cm³/mol. The van der Waals surface area contributed by atoms with Gasteiger partial charge in [-0.25, -0.2) is 0 Å². The first-order valence-electron chi connectivity index (χ1n) is 8.19. The minimum Gasteiger partial charge on any atom is -0.356 e. The fraction of sp³-hybridized carbons (Fsp3) is 1.00. The highest BCUT2D eigenvalue weighted by Gasteiger charge is 2.30. The van der Waals surface area contributed by atoms with Crippen LogP contribution in [0.5, 0.6) is 0 Å². The summed E-state index contributed by atoms with van der Waals surface area (Å²) in [6.07, 6.45) is 4.24. The van der Waals surface area contributed by atoms with Gasteiger partial charge in [0, 0.05) is 19.1 Å². The minimum atomic E-state index is -0.752. The summed E-state index contributed by atoms with van der Waals surface area (Å²) in [6.45, 7) is 12.7. The van der Waals surface area contributed by atoms with Crippen LogP contribution in [0.2, 0.25) is 0 Å². The largest absolute Gasteiger partial charge is 0.356 e. The zero-order valence-electron chi connectivity index (χ0n) is 13.6. The Hall–Kier alpha value is -0.160. The lowest BCUT2D eigenvalue weighted by Gasteiger charge is -2.42. The first-order valence-corrected chi connectivity index (χ1v) is 8.19. The van der Waals surface area contributed by atoms with Gasteiger partial charge in [-0.15, -0.1) is 0 Å². The average molecular weight is 284 g/mol. The maximum Gasteiger partial charge on any atom is 0.216 e. The maximum absolute atomic E-state index is 10.1. The second-order valence-corrected chi connectivity index (χ2v) is 7.54. The normalized spacial score (nSPS) is 26.9. The van der Waals surface area contributed by atoms with Crippen molar-refractivity contribution in [1.82, 2.24) is 9.80 Å². The van der Waals surface area contributed by atoms with E-state index in [1.54, 1.807) is 0 Å². The van der Waals surface area contributed by atoms with E-state index in [1.807, 2.05) is 20.8 Å². The Bertz CT molecular complexity index is 287. The van der Waals surface area contributed by atoms with Gasteiger partial charge in [0.15, 0.2) is 0 Å². The highest BCUT2D eigenvalue weighted by molar-refractivity contribution is 4.82. The number of hydrogen-bond acceptors (Lipinski definition) is 4. The lowest BCUT2D eigenvalue weighted by atomic mass is 9.95. The molecule has 0 amide bonds. The van der Waals surface area contributed by atoms with Crippen LogP contribution in [0.15, 0.2) is 0 Å². The second-order valence-electron chi connectivity index (χ2n) is 7.54. The highest BCUT2D eigenvalue weighted by atomic mass is 16.6. The Morgan fingerprint density at radius 3 is 2.05 bits per heavy atom. The standard InChI is InChI=1S/C16H32N2O2/c1-13-5-9-17(10-6-13)14-7-11-18(12-8-14)15(19)20-16(2,3)4/h13-15,19H,5-12H2,1-4H3/t15-/m1/s1. The summed E-state index contributed by atoms with van der Waals surface area (Å²) in [6, 6.07) is 0.709. The molecule has 118 valence electrons. The fourth-order valence-electron chi connectivity index (χ4n) is 3.26. The van der Waals surface area contributed by atoms with Crippen LogP contribution in [-0.4, -0.2) is 59.1 Å². The van der Waals surface area contributed by atoms with Crippen molar-refractivity contribution in [3.8, 4) is 0 Å². The number of piperidine rings is 2. The van der Waals surface area contributed by atoms with Crippen molar-refractivity contribution in [3.05, 3.63) is 0 Å². The molecule has 1 atom stereocenters. The van der Waals surface area contributed by atoms with Crippen LogP contribution in [0, 0.1) is 5.92 Å². The number of aliphatic hydroxyl groups is 1. The number of nitrogens with zero attached hydrogens (tertiary/aromatic N) is 2. The van der Waals surface area contributed by atoms with Crippen molar-refractivity contribution >= 4 is 0 Å². The van der Waals surface area contributed by atoms with Gasteiger partial charge < -0.3 is 14.7 Å². The molecule has 2 aliphatic rings. The smallest absolute Gasteiger partial charge is 0.216 e. The molecule has 0 spiro atoms. The lowest BCUT2D eigenvalue weighted by molar-refractivity contribution is -0.243. The lowest BCUT2D eigenvalue weighted by Crippen LogP contribution is -2.51. The first kappa shape index (κ1) is 16.2. The Balaban J connectivity index is 1.75. The molecule has 2 saturated heterocycles. The number of ether oxygens (including phenoxy) is 1. The van der Waals surface area contributed by atoms with Crippen molar-refractivity contribution in [3.63, 3.8) is 0 Å². The molecule has 0 bridgehead atoms. The van der Waals surface area contributed by atoms with Gasteiger partial charge in [-0.3, -0.25) is 4.90 Å². The monoisotopic (exact) mass is 284 g/mol. The molecule has 2 rings (SSSR count). The number of rotatable bonds is 3. The SMILES string of the molecule is CC1CCN(C2CCN([C@H](O)OC(C)(C)C)CC2)CC1. The van der Waals surface area contributed by atoms with Crippen LogP contribution in [0.4, 0.5) is 0 Å². The molecule has 4 heteroatoms. The summed E-state index contributed by atoms with van der Waals surface area (Å²) in [4.78, 5) is 4.72. The van der Waals surface area contributed by atoms with E-state index in [4.69, 9.17) is 4.74 Å². The zero-order valence-corrected chi connectivity index (χ0v) is 13.6. The zero-order chi connectivity index (χ0) is 14.8. The van der Waals surface area contributed by atoms with Gasteiger partial charge in [0.25, 0.3) is 0 Å². The van der Waals surface area contributed by atoms with E-state index >= 15 is 0 Å². The predicted octanol–water partition coefficient (Wildman–Crippen LogP) is 2.27. The van der Waals surface area contributed by atoms with E-state index in [-0.39, 0.29) is 5.60 Å². The Morgan fingerprint density at radius 2 is 1.55 bits per heavy atom. The van der Waals surface area contributed by atoms with Gasteiger partial charge in [0.1, 0.15) is 0 Å². The minimum absolute atomic E-state index is 0.292. The van der Waals surface area contributed by atoms with Crippen LogP contribution in [0.25, 0.3) is 0 Å². The van der Waals surface area contributed by atoms with Crippen molar-refractivity contribution < 1.29 is 9.84 Å². The van der Waals surface area contributed by atoms with Gasteiger partial charge >= 0.3 is 0 Å². The van der Waals surface area contributed by atoms with Crippen LogP contribution >= 0.6 is 0 Å². The maximum atomic E-state index is 10.1. The van der Waals surface area contributed by atoms with Gasteiger partial charge in [-0.1, -0.05) is 6.92 Å². The molecule has 0 unspecified atom stereocenters. The molecule has 0 aliphatic carbocycles. The summed E-state index contributed by atoms with van der Waals surface area (Å²) in [7, 11) is 0. The van der Waals surface area contributed by atoms with E-state index in [0.717, 1.165) is 31.8 Å². The second kappa shape index (κ2) is 6.73. The topological polar surface area (TPSA) is 35.9 Å². The van der Waals surface area contributed by atoms with E-state index in [1.165, 1.54) is 25.9 Å². The molecule has 2 heterocycles. The summed E-state index contributed by atoms with van der Waals surface area (Å²) in [5.41, 5.74) is -0.292. The van der Waals surface area contributed by atoms with E-state index in [2.05, 4.69) is 16.7 Å². The highest BCUT2D eigenvalue weighted by Crippen LogP contribution is 2.24. The van der Waals surface area contributed by atoms with Crippen LogP contribution in [0.1, 0.15) is 53.4 Å². The molecule has 2 aliphatic heterocycles. The summed E-state index contributed by atoms with van der Waals surface area (Å²) in [5.74, 6) is 0.897. The van der Waals surface area contributed by atoms with Gasteiger partial charge in [-0.05, 0) is 65.5 Å². The molecule has 0 radical (unpaired) electrons. The van der Waals surface area contributed by atoms with Crippen molar-refractivity contribution in [2.45, 2.75) is 71.4 Å². The van der Waals surface area contributed by atoms with Gasteiger partial charge in [0.2, 0.25) is 6.41 Å². The number of aliphatic hydroxyl groups excluding tert-OH is 1. The van der Waals surface area contributed by atoms with Gasteiger partial charge in [-0.2, -0.15) is 0 Å². The third-order valence-corrected chi connectivity index (χ3v) is 4.61. The average Bonchev–Trinajstić information content (AvgIpc) is 2.38. The number of likely N-dealkylation sites (tertiary alicyclic amines) is 2. The molecule has 0 aromatic heterocycles. The summed E-state index contributed by atoms with van der Waals surface area (Å²) < 4.78 is 5.64. The third-order valence-electron chi connectivity index (χ3n) is 4.61. The van der Waals surface area contributed by atoms with Gasteiger partial charge in [0.05, 0.1) is 5.60 Å². The summed E-state index contributed by atoms with van der Waals surface area (Å²) in [5, 5.41) is 10.1. The number of hydrogen-bond donors (Lipinski definition) is 1. The molecule has 0 saturated carbocycles. The Labute approximate surface area is 124 Å². The Morgan fingerprint density at radius 1 is 1.00 bits per heavy atom. The van der Waals surface area contributed by atoms with Crippen LogP contribution in [-0.2, 0) is 4.74 Å². The van der Waals surface area contributed by atoms with Crippen molar-refractivity contribution in [2.75, 3.05) is 26.2 Å². The fourth-order valence-corrected chi connectivity index (χ4v) is 3.26. The molecule has 1 N–H and O–H groups in total. The Kier molecular flexibility index (Phi) is 5.46. The molecular weight excluding hydrogens is 252 g/mol.